The summed E-state index contributed by atoms with van der Waals surface area (Å²) in [6, 6.07) is 0. The summed E-state index contributed by atoms with van der Waals surface area (Å²) in [4.78, 5) is 37.8. The van der Waals surface area contributed by atoms with E-state index in [1.54, 1.807) is 0 Å². The third-order valence-electron chi connectivity index (χ3n) is 9.73. The van der Waals surface area contributed by atoms with Gasteiger partial charge in [0.15, 0.2) is 6.10 Å². The van der Waals surface area contributed by atoms with E-state index in [1.807, 2.05) is 54.7 Å². The molecule has 0 N–H and O–H groups in total. The lowest BCUT2D eigenvalue weighted by Gasteiger charge is -2.18. The number of esters is 3. The van der Waals surface area contributed by atoms with Gasteiger partial charge in [0.2, 0.25) is 0 Å². The first-order chi connectivity index (χ1) is 28.5. The number of carbonyl (C=O) groups is 3. The Balaban J connectivity index is 4.51. The van der Waals surface area contributed by atoms with Gasteiger partial charge in [0.05, 0.1) is 0 Å². The van der Waals surface area contributed by atoms with Crippen LogP contribution >= 0.6 is 0 Å². The molecular weight excluding hydrogens is 721 g/mol. The minimum absolute atomic E-state index is 0.111. The maximum atomic E-state index is 12.7. The molecule has 0 amide bonds. The summed E-state index contributed by atoms with van der Waals surface area (Å²) in [5.41, 5.74) is 0. The number of unbranched alkanes of at least 4 members (excludes halogenated alkanes) is 20. The summed E-state index contributed by atoms with van der Waals surface area (Å²) in [7, 11) is 0. The van der Waals surface area contributed by atoms with Gasteiger partial charge in [-0.25, -0.2) is 0 Å². The van der Waals surface area contributed by atoms with E-state index in [-0.39, 0.29) is 37.5 Å². The van der Waals surface area contributed by atoms with Crippen molar-refractivity contribution in [2.24, 2.45) is 0 Å². The highest BCUT2D eigenvalue weighted by atomic mass is 16.6. The molecule has 0 saturated carbocycles. The second kappa shape index (κ2) is 46.3. The molecule has 0 aromatic rings. The fraction of sp³-hybridized carbons (Fsp3) is 0.673. The predicted octanol–water partition coefficient (Wildman–Crippen LogP) is 15.3. The molecule has 0 radical (unpaired) electrons. The molecule has 0 saturated heterocycles. The molecule has 0 aliphatic carbocycles. The SMILES string of the molecule is CC\C=C/C=C\C=C/C=C\C=C/CCCC(=O)OC(COC(=O)CCCCCCC/C=C\CCCCC)COC(=O)CCCCCCCCC/C=C\CCCCCC. The first-order valence-electron chi connectivity index (χ1n) is 23.7. The van der Waals surface area contributed by atoms with Crippen LogP contribution in [0, 0.1) is 0 Å². The van der Waals surface area contributed by atoms with Gasteiger partial charge in [0.25, 0.3) is 0 Å². The molecule has 0 spiro atoms. The lowest BCUT2D eigenvalue weighted by Crippen LogP contribution is -2.30. The average molecular weight is 807 g/mol. The number of hydrogen-bond acceptors (Lipinski definition) is 6. The van der Waals surface area contributed by atoms with Crippen LogP contribution in [-0.4, -0.2) is 37.2 Å². The summed E-state index contributed by atoms with van der Waals surface area (Å²) in [6.07, 6.45) is 58.6. The van der Waals surface area contributed by atoms with Crippen molar-refractivity contribution in [2.75, 3.05) is 13.2 Å². The standard InChI is InChI=1S/C52H86O6/c1-4-7-10-13-16-19-22-25-26-28-30-33-36-39-42-45-51(54)57-48-49(47-56-50(53)44-41-38-35-32-29-24-21-18-15-12-9-6-3)58-52(55)46-43-40-37-34-31-27-23-20-17-14-11-8-5-2/h8,11,14,17-23,27,31,34,37,49H,4-7,9-10,12-13,15-16,24-26,28-30,32-33,35-36,38-48H2,1-3H3/b11-8-,17-14-,21-18-,22-19-,23-20-,31-27-,37-34-. The minimum atomic E-state index is -0.817. The van der Waals surface area contributed by atoms with Gasteiger partial charge in [-0.2, -0.15) is 0 Å². The zero-order valence-corrected chi connectivity index (χ0v) is 37.5. The summed E-state index contributed by atoms with van der Waals surface area (Å²) in [5, 5.41) is 0. The van der Waals surface area contributed by atoms with Gasteiger partial charge in [0, 0.05) is 19.3 Å². The maximum Gasteiger partial charge on any atom is 0.306 e. The monoisotopic (exact) mass is 807 g/mol. The maximum absolute atomic E-state index is 12.7. The fourth-order valence-corrected chi connectivity index (χ4v) is 6.17. The van der Waals surface area contributed by atoms with E-state index in [4.69, 9.17) is 14.2 Å². The Kier molecular flexibility index (Phi) is 43.6. The number of ether oxygens (including phenoxy) is 3. The Morgan fingerprint density at radius 3 is 1.17 bits per heavy atom. The molecule has 0 aliphatic rings. The molecule has 0 aliphatic heterocycles. The quantitative estimate of drug-likeness (QED) is 0.0201. The lowest BCUT2D eigenvalue weighted by molar-refractivity contribution is -0.167. The van der Waals surface area contributed by atoms with Crippen LogP contribution in [0.1, 0.15) is 207 Å². The van der Waals surface area contributed by atoms with Crippen LogP contribution in [0.3, 0.4) is 0 Å². The molecule has 0 fully saturated rings. The van der Waals surface area contributed by atoms with E-state index in [2.05, 4.69) is 51.2 Å². The molecule has 0 rings (SSSR count). The van der Waals surface area contributed by atoms with Crippen LogP contribution in [0.25, 0.3) is 0 Å². The van der Waals surface area contributed by atoms with Crippen molar-refractivity contribution in [3.8, 4) is 0 Å². The number of rotatable bonds is 41. The number of carbonyl (C=O) groups excluding carboxylic acids is 3. The Morgan fingerprint density at radius 2 is 0.707 bits per heavy atom. The van der Waals surface area contributed by atoms with Gasteiger partial charge in [-0.15, -0.1) is 0 Å². The van der Waals surface area contributed by atoms with Crippen molar-refractivity contribution in [1.82, 2.24) is 0 Å². The Morgan fingerprint density at radius 1 is 0.362 bits per heavy atom. The summed E-state index contributed by atoms with van der Waals surface area (Å²) in [6.45, 7) is 6.36. The van der Waals surface area contributed by atoms with Gasteiger partial charge in [-0.1, -0.05) is 189 Å². The average Bonchev–Trinajstić information content (AvgIpc) is 3.22. The van der Waals surface area contributed by atoms with Gasteiger partial charge in [0.1, 0.15) is 13.2 Å². The molecule has 0 aromatic carbocycles. The second-order valence-corrected chi connectivity index (χ2v) is 15.4. The van der Waals surface area contributed by atoms with Gasteiger partial charge < -0.3 is 14.2 Å². The van der Waals surface area contributed by atoms with Crippen molar-refractivity contribution in [1.29, 1.82) is 0 Å². The molecule has 1 unspecified atom stereocenters. The topological polar surface area (TPSA) is 78.9 Å². The molecular formula is C52H86O6. The van der Waals surface area contributed by atoms with Crippen LogP contribution < -0.4 is 0 Å². The molecule has 0 heterocycles. The van der Waals surface area contributed by atoms with Crippen LogP contribution in [0.15, 0.2) is 85.1 Å². The first kappa shape index (κ1) is 54.6. The van der Waals surface area contributed by atoms with Crippen LogP contribution in [0.5, 0.6) is 0 Å². The minimum Gasteiger partial charge on any atom is -0.462 e. The molecule has 0 bridgehead atoms. The van der Waals surface area contributed by atoms with Crippen molar-refractivity contribution < 1.29 is 28.6 Å². The van der Waals surface area contributed by atoms with Crippen LogP contribution in [-0.2, 0) is 28.6 Å². The van der Waals surface area contributed by atoms with E-state index in [0.29, 0.717) is 19.3 Å². The third kappa shape index (κ3) is 43.7. The highest BCUT2D eigenvalue weighted by Crippen LogP contribution is 2.13. The van der Waals surface area contributed by atoms with Gasteiger partial charge in [-0.05, 0) is 83.5 Å². The fourth-order valence-electron chi connectivity index (χ4n) is 6.17. The largest absolute Gasteiger partial charge is 0.462 e. The molecule has 330 valence electrons. The van der Waals surface area contributed by atoms with Gasteiger partial charge >= 0.3 is 17.9 Å². The normalized spacial score (nSPS) is 12.8. The summed E-state index contributed by atoms with van der Waals surface area (Å²) in [5.74, 6) is -1.01. The molecule has 58 heavy (non-hydrogen) atoms. The Bertz CT molecular complexity index is 1160. The highest BCUT2D eigenvalue weighted by Gasteiger charge is 2.19. The van der Waals surface area contributed by atoms with E-state index in [0.717, 1.165) is 64.2 Å². The number of hydrogen-bond donors (Lipinski definition) is 0. The zero-order valence-electron chi connectivity index (χ0n) is 37.5. The summed E-state index contributed by atoms with van der Waals surface area (Å²) >= 11 is 0. The molecule has 6 heteroatoms. The van der Waals surface area contributed by atoms with E-state index in [9.17, 15) is 14.4 Å². The number of allylic oxidation sites excluding steroid dienone is 14. The Hall–Kier alpha value is -3.41. The smallest absolute Gasteiger partial charge is 0.306 e. The van der Waals surface area contributed by atoms with Crippen molar-refractivity contribution in [2.45, 2.75) is 213 Å². The third-order valence-corrected chi connectivity index (χ3v) is 9.73. The van der Waals surface area contributed by atoms with Crippen LogP contribution in [0.2, 0.25) is 0 Å². The first-order valence-corrected chi connectivity index (χ1v) is 23.7. The van der Waals surface area contributed by atoms with Crippen LogP contribution in [0.4, 0.5) is 0 Å². The molecule has 0 aromatic heterocycles. The van der Waals surface area contributed by atoms with Crippen molar-refractivity contribution in [3.63, 3.8) is 0 Å². The van der Waals surface area contributed by atoms with Gasteiger partial charge in [-0.3, -0.25) is 14.4 Å². The zero-order chi connectivity index (χ0) is 42.3. The lowest BCUT2D eigenvalue weighted by atomic mass is 10.1. The Labute approximate surface area is 356 Å². The highest BCUT2D eigenvalue weighted by molar-refractivity contribution is 5.71. The summed E-state index contributed by atoms with van der Waals surface area (Å²) < 4.78 is 16.6. The molecule has 1 atom stereocenters. The van der Waals surface area contributed by atoms with E-state index < -0.39 is 6.10 Å². The van der Waals surface area contributed by atoms with Crippen molar-refractivity contribution in [3.05, 3.63) is 85.1 Å². The van der Waals surface area contributed by atoms with E-state index in [1.165, 1.54) is 96.3 Å². The molecule has 6 nitrogen and oxygen atoms in total. The van der Waals surface area contributed by atoms with Crippen molar-refractivity contribution >= 4 is 17.9 Å². The predicted molar refractivity (Wildman–Crippen MR) is 247 cm³/mol. The second-order valence-electron chi connectivity index (χ2n) is 15.4. The van der Waals surface area contributed by atoms with E-state index >= 15 is 0 Å².